The fourth-order valence-electron chi connectivity index (χ4n) is 0. The molecule has 0 fully saturated rings. The van der Waals surface area contributed by atoms with E-state index in [1.54, 1.807) is 0 Å². The fraction of sp³-hybridized carbons (Fsp3) is 0. The summed E-state index contributed by atoms with van der Waals surface area (Å²) >= 11 is 0. The van der Waals surface area contributed by atoms with E-state index >= 15 is 0 Å². The summed E-state index contributed by atoms with van der Waals surface area (Å²) < 4.78 is 0. The first-order chi connectivity index (χ1) is 2.27. The van der Waals surface area contributed by atoms with E-state index in [0.717, 1.165) is 0 Å². The first kappa shape index (κ1) is 9.70. The molecule has 0 unspecified atom stereocenters. The zero-order valence-corrected chi connectivity index (χ0v) is 2.34. The third-order valence-corrected chi connectivity index (χ3v) is 0.101. The van der Waals surface area contributed by atoms with Crippen molar-refractivity contribution >= 4 is 43.9 Å². The second-order valence-electron chi connectivity index (χ2n) is 0.384. The van der Waals surface area contributed by atoms with Gasteiger partial charge in [0.15, 0.2) is 0 Å². The Morgan fingerprint density at radius 2 is 2.00 bits per heavy atom. The van der Waals surface area contributed by atoms with E-state index in [0.29, 0.717) is 0 Å². The van der Waals surface area contributed by atoms with Gasteiger partial charge in [0.25, 0.3) is 0 Å². The predicted octanol–water partition coefficient (Wildman–Crippen LogP) is -1.36. The van der Waals surface area contributed by atoms with Crippen LogP contribution in [0.4, 0.5) is 4.79 Å². The van der Waals surface area contributed by atoms with E-state index < -0.39 is 6.16 Å². The first-order valence-corrected chi connectivity index (χ1v) is 0.868. The van der Waals surface area contributed by atoms with Crippen molar-refractivity contribution in [3.8, 4) is 0 Å². The molecular weight excluding hydrogens is 114 g/mol. The maximum atomic E-state index is 9.02. The standard InChI is InChI=1S/CH3NO3.Ca.2H/c2-5-1(3)4;;;/h2H2,(H,3,4);;;. The Morgan fingerprint density at radius 1 is 1.83 bits per heavy atom. The molecular formula is CH5CaNO3. The van der Waals surface area contributed by atoms with Crippen LogP contribution in [0.1, 0.15) is 0 Å². The van der Waals surface area contributed by atoms with Gasteiger partial charge in [-0.1, -0.05) is 0 Å². The van der Waals surface area contributed by atoms with Crippen LogP contribution >= 0.6 is 0 Å². The van der Waals surface area contributed by atoms with Crippen LogP contribution in [0.15, 0.2) is 0 Å². The molecule has 0 rings (SSSR count). The van der Waals surface area contributed by atoms with Crippen molar-refractivity contribution in [1.82, 2.24) is 0 Å². The zero-order chi connectivity index (χ0) is 4.28. The van der Waals surface area contributed by atoms with Gasteiger partial charge in [0.2, 0.25) is 0 Å². The molecule has 3 N–H and O–H groups in total. The minimum absolute atomic E-state index is 0. The normalized spacial score (nSPS) is 5.50. The zero-order valence-electron chi connectivity index (χ0n) is 2.34. The second-order valence-corrected chi connectivity index (χ2v) is 0.384. The van der Waals surface area contributed by atoms with Crippen molar-refractivity contribution in [3.05, 3.63) is 0 Å². The van der Waals surface area contributed by atoms with Crippen LogP contribution < -0.4 is 5.90 Å². The molecule has 34 valence electrons. The number of hydrogen-bond donors (Lipinski definition) is 2. The van der Waals surface area contributed by atoms with Gasteiger partial charge < -0.3 is 9.94 Å². The van der Waals surface area contributed by atoms with Gasteiger partial charge in [-0.3, -0.25) is 0 Å². The van der Waals surface area contributed by atoms with Gasteiger partial charge in [0.1, 0.15) is 0 Å². The second kappa shape index (κ2) is 5.49. The molecule has 0 bridgehead atoms. The van der Waals surface area contributed by atoms with Crippen molar-refractivity contribution in [1.29, 1.82) is 0 Å². The summed E-state index contributed by atoms with van der Waals surface area (Å²) in [5.41, 5.74) is 0. The number of rotatable bonds is 0. The molecule has 0 atom stereocenters. The van der Waals surface area contributed by atoms with Crippen LogP contribution in [0.5, 0.6) is 0 Å². The number of nitrogens with two attached hydrogens (primary N) is 1. The van der Waals surface area contributed by atoms with Crippen LogP contribution in [-0.2, 0) is 4.84 Å². The minimum atomic E-state index is -1.47. The summed E-state index contributed by atoms with van der Waals surface area (Å²) in [6, 6.07) is 0. The van der Waals surface area contributed by atoms with E-state index in [4.69, 9.17) is 9.90 Å². The Kier molecular flexibility index (Phi) is 8.88. The Hall–Kier alpha value is 0.490. The Balaban J connectivity index is 0. The Bertz CT molecular complexity index is 46.1. The van der Waals surface area contributed by atoms with Crippen molar-refractivity contribution in [2.75, 3.05) is 0 Å². The quantitative estimate of drug-likeness (QED) is 0.305. The molecule has 0 radical (unpaired) electrons. The molecule has 0 aliphatic carbocycles. The molecule has 5 heteroatoms. The summed E-state index contributed by atoms with van der Waals surface area (Å²) in [6.07, 6.45) is -1.47. The summed E-state index contributed by atoms with van der Waals surface area (Å²) in [6.45, 7) is 0. The van der Waals surface area contributed by atoms with E-state index in [2.05, 4.69) is 10.7 Å². The van der Waals surface area contributed by atoms with Crippen molar-refractivity contribution < 1.29 is 14.7 Å². The van der Waals surface area contributed by atoms with Crippen molar-refractivity contribution in [2.24, 2.45) is 5.90 Å². The summed E-state index contributed by atoms with van der Waals surface area (Å²) in [4.78, 5) is 12.2. The first-order valence-electron chi connectivity index (χ1n) is 0.868. The molecule has 0 heterocycles. The Labute approximate surface area is 64.2 Å². The third-order valence-electron chi connectivity index (χ3n) is 0.101. The average Bonchev–Trinajstić information content (AvgIpc) is 1.38. The molecule has 0 aromatic carbocycles. The fourth-order valence-corrected chi connectivity index (χ4v) is 0. The van der Waals surface area contributed by atoms with Gasteiger partial charge in [0.05, 0.1) is 0 Å². The monoisotopic (exact) mass is 119 g/mol. The van der Waals surface area contributed by atoms with Crippen molar-refractivity contribution in [3.63, 3.8) is 0 Å². The molecule has 0 saturated carbocycles. The molecule has 0 aromatic rings. The number of hydrogen-bond acceptors (Lipinski definition) is 3. The van der Waals surface area contributed by atoms with E-state index in [-0.39, 0.29) is 37.7 Å². The van der Waals surface area contributed by atoms with E-state index in [9.17, 15) is 0 Å². The van der Waals surface area contributed by atoms with E-state index in [1.807, 2.05) is 0 Å². The van der Waals surface area contributed by atoms with Gasteiger partial charge in [-0.05, 0) is 0 Å². The maximum absolute atomic E-state index is 9.02. The van der Waals surface area contributed by atoms with Gasteiger partial charge in [-0.25, -0.2) is 4.79 Å². The number of carboxylic acid groups (broad SMARTS) is 1. The van der Waals surface area contributed by atoms with Crippen LogP contribution in [0.2, 0.25) is 0 Å². The molecule has 0 spiro atoms. The van der Waals surface area contributed by atoms with Gasteiger partial charge in [-0.15, -0.1) is 0 Å². The average molecular weight is 119 g/mol. The van der Waals surface area contributed by atoms with E-state index in [1.165, 1.54) is 0 Å². The molecule has 0 aliphatic heterocycles. The topological polar surface area (TPSA) is 72.5 Å². The van der Waals surface area contributed by atoms with Gasteiger partial charge in [0, 0.05) is 0 Å². The van der Waals surface area contributed by atoms with Crippen molar-refractivity contribution in [2.45, 2.75) is 0 Å². The molecule has 0 aromatic heterocycles. The molecule has 0 saturated heterocycles. The van der Waals surface area contributed by atoms with Crippen LogP contribution in [0.3, 0.4) is 0 Å². The van der Waals surface area contributed by atoms with Crippen LogP contribution in [0, 0.1) is 0 Å². The number of carbonyl (C=O) groups is 1. The summed E-state index contributed by atoms with van der Waals surface area (Å²) in [5.74, 6) is 4.07. The third kappa shape index (κ3) is 8.82. The molecule has 4 nitrogen and oxygen atoms in total. The molecule has 0 aliphatic rings. The SMILES string of the molecule is NOC(=O)O.[CaH2]. The summed E-state index contributed by atoms with van der Waals surface area (Å²) in [5, 5.41) is 7.38. The van der Waals surface area contributed by atoms with Crippen LogP contribution in [0.25, 0.3) is 0 Å². The summed E-state index contributed by atoms with van der Waals surface area (Å²) in [7, 11) is 0. The predicted molar refractivity (Wildman–Crippen MR) is 21.8 cm³/mol. The van der Waals surface area contributed by atoms with Crippen LogP contribution in [-0.4, -0.2) is 49.0 Å². The van der Waals surface area contributed by atoms with Gasteiger partial charge in [-0.2, -0.15) is 5.90 Å². The van der Waals surface area contributed by atoms with Gasteiger partial charge >= 0.3 is 43.9 Å². The Morgan fingerprint density at radius 3 is 2.00 bits per heavy atom. The molecule has 0 amide bonds. The molecule has 6 heavy (non-hydrogen) atoms.